The van der Waals surface area contributed by atoms with E-state index in [-0.39, 0.29) is 11.2 Å². The highest BCUT2D eigenvalue weighted by Gasteiger charge is 2.35. The Morgan fingerprint density at radius 1 is 1.52 bits per heavy atom. The van der Waals surface area contributed by atoms with Gasteiger partial charge in [0, 0.05) is 36.5 Å². The van der Waals surface area contributed by atoms with Crippen LogP contribution >= 0.6 is 0 Å². The number of methoxy groups -OCH3 is 1. The van der Waals surface area contributed by atoms with Crippen LogP contribution in [0.15, 0.2) is 47.3 Å². The molecule has 1 N–H and O–H groups in total. The fourth-order valence-corrected chi connectivity index (χ4v) is 3.55. The van der Waals surface area contributed by atoms with Gasteiger partial charge in [0.05, 0.1) is 7.11 Å². The molecule has 2 atom stereocenters. The highest BCUT2D eigenvalue weighted by atomic mass is 19.1. The number of likely N-dealkylation sites (tertiary alicyclic amines) is 1. The van der Waals surface area contributed by atoms with Gasteiger partial charge in [-0.2, -0.15) is 0 Å². The van der Waals surface area contributed by atoms with Crippen molar-refractivity contribution in [1.82, 2.24) is 4.90 Å². The first-order chi connectivity index (χ1) is 10.0. The predicted octanol–water partition coefficient (Wildman–Crippen LogP) is 3.83. The van der Waals surface area contributed by atoms with Gasteiger partial charge in [-0.3, -0.25) is 0 Å². The lowest BCUT2D eigenvalue weighted by Gasteiger charge is -2.35. The molecule has 0 radical (unpaired) electrons. The summed E-state index contributed by atoms with van der Waals surface area (Å²) >= 11 is 0. The number of rotatable bonds is 3. The quantitative estimate of drug-likeness (QED) is 0.857. The van der Waals surface area contributed by atoms with Crippen molar-refractivity contribution in [2.24, 2.45) is 11.3 Å². The molecule has 21 heavy (non-hydrogen) atoms. The molecule has 0 amide bonds. The van der Waals surface area contributed by atoms with Gasteiger partial charge in [0.2, 0.25) is 0 Å². The number of hydrogen-bond donors (Lipinski definition) is 1. The van der Waals surface area contributed by atoms with E-state index in [0.29, 0.717) is 23.9 Å². The first kappa shape index (κ1) is 14.2. The normalized spacial score (nSPS) is 32.0. The fraction of sp³-hybridized carbons (Fsp3) is 0.529. The lowest BCUT2D eigenvalue weighted by molar-refractivity contribution is 0.200. The molecule has 3 aliphatic rings. The maximum absolute atomic E-state index is 13.5. The van der Waals surface area contributed by atoms with Crippen molar-refractivity contribution in [2.45, 2.75) is 26.2 Å². The van der Waals surface area contributed by atoms with Crippen LogP contribution in [0.4, 0.5) is 4.39 Å². The Hall–Kier alpha value is -1.71. The summed E-state index contributed by atoms with van der Waals surface area (Å²) in [5, 5.41) is 10.1. The number of nitrogens with zero attached hydrogens (tertiary/aromatic N) is 1. The van der Waals surface area contributed by atoms with Gasteiger partial charge in [-0.15, -0.1) is 0 Å². The third kappa shape index (κ3) is 2.71. The molecular weight excluding hydrogens is 269 g/mol. The summed E-state index contributed by atoms with van der Waals surface area (Å²) in [7, 11) is 1.56. The van der Waals surface area contributed by atoms with E-state index in [1.807, 2.05) is 6.08 Å². The van der Waals surface area contributed by atoms with Gasteiger partial charge in [-0.05, 0) is 31.1 Å². The predicted molar refractivity (Wildman–Crippen MR) is 80.1 cm³/mol. The molecular formula is C17H22FNO2. The average molecular weight is 291 g/mol. The van der Waals surface area contributed by atoms with Crippen molar-refractivity contribution in [2.75, 3.05) is 20.2 Å². The zero-order valence-corrected chi connectivity index (χ0v) is 12.6. The van der Waals surface area contributed by atoms with Crippen LogP contribution in [-0.4, -0.2) is 30.2 Å². The molecule has 0 aromatic heterocycles. The molecule has 4 heteroatoms. The highest BCUT2D eigenvalue weighted by molar-refractivity contribution is 5.29. The minimum atomic E-state index is -0.153. The lowest BCUT2D eigenvalue weighted by Crippen LogP contribution is -2.34. The molecule has 1 fully saturated rings. The SMILES string of the molecule is COC1=C(O)CC(C)(CN2CCC3CC=C(F)C=C32)C=C1. The minimum absolute atomic E-state index is 0.123. The van der Waals surface area contributed by atoms with Crippen LogP contribution in [0.1, 0.15) is 26.2 Å². The molecule has 1 saturated heterocycles. The number of ether oxygens (including phenoxy) is 1. The smallest absolute Gasteiger partial charge is 0.155 e. The van der Waals surface area contributed by atoms with Gasteiger partial charge in [0.1, 0.15) is 11.6 Å². The average Bonchev–Trinajstić information content (AvgIpc) is 2.81. The van der Waals surface area contributed by atoms with Crippen molar-refractivity contribution < 1.29 is 14.2 Å². The second-order valence-electron chi connectivity index (χ2n) is 6.48. The van der Waals surface area contributed by atoms with E-state index >= 15 is 0 Å². The summed E-state index contributed by atoms with van der Waals surface area (Å²) in [4.78, 5) is 2.27. The Bertz CT molecular complexity index is 561. The maximum Gasteiger partial charge on any atom is 0.155 e. The third-order valence-electron chi connectivity index (χ3n) is 4.68. The summed E-state index contributed by atoms with van der Waals surface area (Å²) < 4.78 is 18.6. The molecule has 0 saturated carbocycles. The minimum Gasteiger partial charge on any atom is -0.508 e. The summed E-state index contributed by atoms with van der Waals surface area (Å²) in [6.07, 6.45) is 9.73. The molecule has 114 valence electrons. The van der Waals surface area contributed by atoms with Crippen molar-refractivity contribution in [3.63, 3.8) is 0 Å². The van der Waals surface area contributed by atoms with Crippen molar-refractivity contribution >= 4 is 0 Å². The molecule has 0 bridgehead atoms. The van der Waals surface area contributed by atoms with E-state index in [4.69, 9.17) is 4.74 Å². The summed E-state index contributed by atoms with van der Waals surface area (Å²) in [5.41, 5.74) is 0.963. The van der Waals surface area contributed by atoms with Gasteiger partial charge in [0.15, 0.2) is 5.76 Å². The summed E-state index contributed by atoms with van der Waals surface area (Å²) in [5.74, 6) is 1.17. The van der Waals surface area contributed by atoms with Crippen LogP contribution in [-0.2, 0) is 4.74 Å². The zero-order chi connectivity index (χ0) is 15.0. The standard InChI is InChI=1S/C17H22FNO2/c1-17(7-5-16(21-2)15(20)10-17)11-19-8-6-12-3-4-13(18)9-14(12)19/h4-5,7,9,12,20H,3,6,8,10-11H2,1-2H3. The molecule has 0 aromatic carbocycles. The van der Waals surface area contributed by atoms with Gasteiger partial charge in [-0.25, -0.2) is 4.39 Å². The summed E-state index contributed by atoms with van der Waals surface area (Å²) in [6.45, 7) is 3.87. The zero-order valence-electron chi connectivity index (χ0n) is 12.6. The number of halogens is 1. The van der Waals surface area contributed by atoms with Crippen LogP contribution in [0.5, 0.6) is 0 Å². The van der Waals surface area contributed by atoms with Gasteiger partial charge in [0.25, 0.3) is 0 Å². The van der Waals surface area contributed by atoms with Crippen LogP contribution in [0.3, 0.4) is 0 Å². The maximum atomic E-state index is 13.5. The Kier molecular flexibility index (Phi) is 3.56. The third-order valence-corrected chi connectivity index (χ3v) is 4.68. The summed E-state index contributed by atoms with van der Waals surface area (Å²) in [6, 6.07) is 0. The molecule has 2 aliphatic carbocycles. The second kappa shape index (κ2) is 5.24. The Labute approximate surface area is 125 Å². The van der Waals surface area contributed by atoms with E-state index in [0.717, 1.165) is 31.6 Å². The largest absolute Gasteiger partial charge is 0.508 e. The van der Waals surface area contributed by atoms with E-state index in [9.17, 15) is 9.50 Å². The Balaban J connectivity index is 1.74. The van der Waals surface area contributed by atoms with Crippen LogP contribution in [0.2, 0.25) is 0 Å². The first-order valence-electron chi connectivity index (χ1n) is 7.48. The lowest BCUT2D eigenvalue weighted by atomic mass is 9.81. The molecule has 0 aromatic rings. The first-order valence-corrected chi connectivity index (χ1v) is 7.48. The molecule has 1 aliphatic heterocycles. The van der Waals surface area contributed by atoms with Crippen molar-refractivity contribution in [3.05, 3.63) is 47.3 Å². The van der Waals surface area contributed by atoms with Crippen molar-refractivity contribution in [3.8, 4) is 0 Å². The molecule has 3 rings (SSSR count). The van der Waals surface area contributed by atoms with E-state index in [1.165, 1.54) is 0 Å². The molecule has 1 heterocycles. The number of hydrogen-bond acceptors (Lipinski definition) is 3. The van der Waals surface area contributed by atoms with E-state index < -0.39 is 0 Å². The molecule has 3 nitrogen and oxygen atoms in total. The van der Waals surface area contributed by atoms with Gasteiger partial charge < -0.3 is 14.7 Å². The monoisotopic (exact) mass is 291 g/mol. The van der Waals surface area contributed by atoms with Crippen LogP contribution in [0.25, 0.3) is 0 Å². The number of aliphatic hydroxyl groups excluding tert-OH is 1. The number of aliphatic hydroxyl groups is 1. The molecule has 0 spiro atoms. The van der Waals surface area contributed by atoms with Crippen LogP contribution in [0, 0.1) is 11.3 Å². The van der Waals surface area contributed by atoms with E-state index in [2.05, 4.69) is 17.9 Å². The van der Waals surface area contributed by atoms with Crippen molar-refractivity contribution in [1.29, 1.82) is 0 Å². The Morgan fingerprint density at radius 2 is 2.33 bits per heavy atom. The number of allylic oxidation sites excluding steroid dienone is 6. The number of fused-ring (bicyclic) bond motifs is 1. The van der Waals surface area contributed by atoms with E-state index in [1.54, 1.807) is 19.3 Å². The van der Waals surface area contributed by atoms with Crippen LogP contribution < -0.4 is 0 Å². The van der Waals surface area contributed by atoms with Gasteiger partial charge in [-0.1, -0.05) is 13.0 Å². The molecule has 2 unspecified atom stereocenters. The topological polar surface area (TPSA) is 32.7 Å². The fourth-order valence-electron chi connectivity index (χ4n) is 3.55. The second-order valence-corrected chi connectivity index (χ2v) is 6.48. The Morgan fingerprint density at radius 3 is 3.05 bits per heavy atom. The highest BCUT2D eigenvalue weighted by Crippen LogP contribution is 2.40. The van der Waals surface area contributed by atoms with Gasteiger partial charge >= 0.3 is 0 Å².